The highest BCUT2D eigenvalue weighted by molar-refractivity contribution is 6.20. The second-order valence-electron chi connectivity index (χ2n) is 4.51. The molecule has 8 heteroatoms. The molecular weight excluding hydrogens is 294 g/mol. The largest absolute Gasteiger partial charge is 0.338 e. The molecule has 1 fully saturated rings. The lowest BCUT2D eigenvalue weighted by atomic mass is 10.1. The van der Waals surface area contributed by atoms with Crippen LogP contribution in [0.2, 0.25) is 0 Å². The summed E-state index contributed by atoms with van der Waals surface area (Å²) in [5.41, 5.74) is -1.18. The fourth-order valence-electron chi connectivity index (χ4n) is 2.08. The van der Waals surface area contributed by atoms with Crippen molar-refractivity contribution in [2.24, 2.45) is 0 Å². The van der Waals surface area contributed by atoms with Gasteiger partial charge >= 0.3 is 0 Å². The Morgan fingerprint density at radius 1 is 1.30 bits per heavy atom. The maximum absolute atomic E-state index is 13.2. The van der Waals surface area contributed by atoms with Crippen molar-refractivity contribution >= 4 is 23.2 Å². The van der Waals surface area contributed by atoms with Crippen LogP contribution in [0.1, 0.15) is 23.2 Å². The third-order valence-corrected chi connectivity index (χ3v) is 3.61. The number of nitro benzene ring substituents is 1. The van der Waals surface area contributed by atoms with Gasteiger partial charge in [-0.15, -0.1) is 11.6 Å². The fourth-order valence-corrected chi connectivity index (χ4v) is 2.28. The van der Waals surface area contributed by atoms with Crippen molar-refractivity contribution in [3.05, 3.63) is 39.4 Å². The Morgan fingerprint density at radius 2 is 1.85 bits per heavy atom. The third-order valence-electron chi connectivity index (χ3n) is 3.18. The molecule has 0 aromatic heterocycles. The predicted octanol–water partition coefficient (Wildman–Crippen LogP) is 2.72. The van der Waals surface area contributed by atoms with Gasteiger partial charge in [-0.1, -0.05) is 0 Å². The van der Waals surface area contributed by atoms with Gasteiger partial charge in [0.25, 0.3) is 11.6 Å². The van der Waals surface area contributed by atoms with E-state index in [2.05, 4.69) is 0 Å². The number of benzene rings is 1. The van der Waals surface area contributed by atoms with Crippen LogP contribution in [0.5, 0.6) is 0 Å². The Labute approximate surface area is 118 Å². The standard InChI is InChI=1S/C12H11ClF2N2O3/c13-7-1-3-16(4-2-7)12(18)8-5-9(14)10(15)6-11(8)17(19)20/h5-7H,1-4H2. The first-order valence-electron chi connectivity index (χ1n) is 5.97. The monoisotopic (exact) mass is 304 g/mol. The van der Waals surface area contributed by atoms with Gasteiger partial charge < -0.3 is 4.90 Å². The molecule has 20 heavy (non-hydrogen) atoms. The zero-order chi connectivity index (χ0) is 14.9. The lowest BCUT2D eigenvalue weighted by Gasteiger charge is -2.29. The molecule has 1 aliphatic rings. The molecule has 0 N–H and O–H groups in total. The average molecular weight is 305 g/mol. The first-order chi connectivity index (χ1) is 9.40. The highest BCUT2D eigenvalue weighted by Crippen LogP contribution is 2.25. The first kappa shape index (κ1) is 14.6. The molecule has 1 aliphatic heterocycles. The van der Waals surface area contributed by atoms with Gasteiger partial charge in [0.05, 0.1) is 11.0 Å². The van der Waals surface area contributed by atoms with E-state index >= 15 is 0 Å². The molecule has 0 saturated carbocycles. The van der Waals surface area contributed by atoms with Crippen LogP contribution in [0.4, 0.5) is 14.5 Å². The normalized spacial score (nSPS) is 16.2. The molecule has 2 rings (SSSR count). The number of carbonyl (C=O) groups excluding carboxylic acids is 1. The second kappa shape index (κ2) is 5.70. The molecule has 0 atom stereocenters. The van der Waals surface area contributed by atoms with E-state index in [-0.39, 0.29) is 5.38 Å². The van der Waals surface area contributed by atoms with Crippen molar-refractivity contribution in [1.82, 2.24) is 4.90 Å². The third kappa shape index (κ3) is 2.87. The number of nitrogens with zero attached hydrogens (tertiary/aromatic N) is 2. The number of piperidine rings is 1. The zero-order valence-electron chi connectivity index (χ0n) is 10.3. The summed E-state index contributed by atoms with van der Waals surface area (Å²) in [6.07, 6.45) is 1.12. The lowest BCUT2D eigenvalue weighted by molar-refractivity contribution is -0.385. The summed E-state index contributed by atoms with van der Waals surface area (Å²) in [7, 11) is 0. The molecule has 1 aromatic rings. The van der Waals surface area contributed by atoms with Crippen LogP contribution >= 0.6 is 11.6 Å². The predicted molar refractivity (Wildman–Crippen MR) is 67.8 cm³/mol. The summed E-state index contributed by atoms with van der Waals surface area (Å²) in [6, 6.07) is 0.999. The number of carbonyl (C=O) groups is 1. The summed E-state index contributed by atoms with van der Waals surface area (Å²) in [4.78, 5) is 23.5. The summed E-state index contributed by atoms with van der Waals surface area (Å²) in [6.45, 7) is 0.673. The maximum Gasteiger partial charge on any atom is 0.285 e. The number of hydrogen-bond donors (Lipinski definition) is 0. The molecule has 0 spiro atoms. The summed E-state index contributed by atoms with van der Waals surface area (Å²) >= 11 is 5.90. The van der Waals surface area contributed by atoms with Crippen LogP contribution in [-0.4, -0.2) is 34.2 Å². The number of halogens is 3. The van der Waals surface area contributed by atoms with Crippen LogP contribution in [0, 0.1) is 21.7 Å². The van der Waals surface area contributed by atoms with Crippen molar-refractivity contribution in [2.45, 2.75) is 18.2 Å². The lowest BCUT2D eigenvalue weighted by Crippen LogP contribution is -2.39. The molecule has 0 radical (unpaired) electrons. The van der Waals surface area contributed by atoms with E-state index in [1.165, 1.54) is 4.90 Å². The zero-order valence-corrected chi connectivity index (χ0v) is 11.1. The molecule has 0 unspecified atom stereocenters. The number of amides is 1. The molecule has 1 amide bonds. The van der Waals surface area contributed by atoms with E-state index in [1.54, 1.807) is 0 Å². The highest BCUT2D eigenvalue weighted by atomic mass is 35.5. The SMILES string of the molecule is O=C(c1cc(F)c(F)cc1[N+](=O)[O-])N1CCC(Cl)CC1. The van der Waals surface area contributed by atoms with Crippen LogP contribution in [0.15, 0.2) is 12.1 Å². The quantitative estimate of drug-likeness (QED) is 0.479. The molecule has 1 saturated heterocycles. The molecular formula is C12H11ClF2N2O3. The van der Waals surface area contributed by atoms with Crippen molar-refractivity contribution in [2.75, 3.05) is 13.1 Å². The summed E-state index contributed by atoms with van der Waals surface area (Å²) in [5.74, 6) is -3.32. The van der Waals surface area contributed by atoms with Crippen LogP contribution in [0.3, 0.4) is 0 Å². The topological polar surface area (TPSA) is 63.4 Å². The van der Waals surface area contributed by atoms with E-state index < -0.39 is 33.7 Å². The fraction of sp³-hybridized carbons (Fsp3) is 0.417. The van der Waals surface area contributed by atoms with Gasteiger partial charge in [-0.25, -0.2) is 8.78 Å². The Hall–Kier alpha value is -1.76. The Morgan fingerprint density at radius 3 is 2.40 bits per heavy atom. The molecule has 1 aromatic carbocycles. The second-order valence-corrected chi connectivity index (χ2v) is 5.12. The first-order valence-corrected chi connectivity index (χ1v) is 6.40. The van der Waals surface area contributed by atoms with E-state index in [4.69, 9.17) is 11.6 Å². The minimum atomic E-state index is -1.35. The number of rotatable bonds is 2. The van der Waals surface area contributed by atoms with Crippen LogP contribution < -0.4 is 0 Å². The number of alkyl halides is 1. The van der Waals surface area contributed by atoms with Gasteiger partial charge in [-0.2, -0.15) is 0 Å². The van der Waals surface area contributed by atoms with Crippen molar-refractivity contribution in [3.63, 3.8) is 0 Å². The number of nitro groups is 1. The number of hydrogen-bond acceptors (Lipinski definition) is 3. The van der Waals surface area contributed by atoms with Crippen molar-refractivity contribution < 1.29 is 18.5 Å². The highest BCUT2D eigenvalue weighted by Gasteiger charge is 2.29. The Kier molecular flexibility index (Phi) is 4.17. The molecule has 108 valence electrons. The molecule has 5 nitrogen and oxygen atoms in total. The number of likely N-dealkylation sites (tertiary alicyclic amines) is 1. The van der Waals surface area contributed by atoms with E-state index in [1.807, 2.05) is 0 Å². The van der Waals surface area contributed by atoms with E-state index in [0.29, 0.717) is 38.1 Å². The van der Waals surface area contributed by atoms with Crippen LogP contribution in [-0.2, 0) is 0 Å². The van der Waals surface area contributed by atoms with Gasteiger partial charge in [0.15, 0.2) is 11.6 Å². The van der Waals surface area contributed by atoms with Gasteiger partial charge in [0, 0.05) is 18.5 Å². The molecule has 0 bridgehead atoms. The summed E-state index contributed by atoms with van der Waals surface area (Å²) in [5, 5.41) is 10.8. The Balaban J connectivity index is 2.34. The minimum absolute atomic E-state index is 0.0426. The Bertz CT molecular complexity index is 560. The van der Waals surface area contributed by atoms with Gasteiger partial charge in [0.1, 0.15) is 5.56 Å². The minimum Gasteiger partial charge on any atom is -0.338 e. The molecule has 1 heterocycles. The van der Waals surface area contributed by atoms with Gasteiger partial charge in [-0.05, 0) is 18.9 Å². The van der Waals surface area contributed by atoms with Gasteiger partial charge in [-0.3, -0.25) is 14.9 Å². The maximum atomic E-state index is 13.2. The van der Waals surface area contributed by atoms with Crippen molar-refractivity contribution in [1.29, 1.82) is 0 Å². The summed E-state index contributed by atoms with van der Waals surface area (Å²) < 4.78 is 26.3. The van der Waals surface area contributed by atoms with Crippen LogP contribution in [0.25, 0.3) is 0 Å². The van der Waals surface area contributed by atoms with E-state index in [0.717, 1.165) is 0 Å². The van der Waals surface area contributed by atoms with Gasteiger partial charge in [0.2, 0.25) is 0 Å². The van der Waals surface area contributed by atoms with E-state index in [9.17, 15) is 23.7 Å². The molecule has 0 aliphatic carbocycles. The average Bonchev–Trinajstić information content (AvgIpc) is 2.41. The van der Waals surface area contributed by atoms with Crippen molar-refractivity contribution in [3.8, 4) is 0 Å². The smallest absolute Gasteiger partial charge is 0.285 e.